The number of piperazine rings is 1. The highest BCUT2D eigenvalue weighted by atomic mass is 35.5. The molecule has 0 saturated carbocycles. The van der Waals surface area contributed by atoms with E-state index in [4.69, 9.17) is 11.6 Å². The van der Waals surface area contributed by atoms with E-state index in [0.29, 0.717) is 50.1 Å². The van der Waals surface area contributed by atoms with Crippen LogP contribution in [0.5, 0.6) is 0 Å². The van der Waals surface area contributed by atoms with Crippen molar-refractivity contribution in [1.82, 2.24) is 4.90 Å². The van der Waals surface area contributed by atoms with Crippen molar-refractivity contribution in [2.24, 2.45) is 0 Å². The van der Waals surface area contributed by atoms with Crippen LogP contribution >= 0.6 is 23.4 Å². The maximum Gasteiger partial charge on any atom is 0.239 e. The van der Waals surface area contributed by atoms with E-state index in [1.54, 1.807) is 36.4 Å². The van der Waals surface area contributed by atoms with Crippen LogP contribution in [0.2, 0.25) is 5.02 Å². The van der Waals surface area contributed by atoms with Crippen LogP contribution in [0.25, 0.3) is 17.0 Å². The first-order valence-electron chi connectivity index (χ1n) is 10.8. The van der Waals surface area contributed by atoms with E-state index >= 15 is 4.39 Å². The number of anilines is 1. The van der Waals surface area contributed by atoms with Gasteiger partial charge in [0.05, 0.1) is 16.6 Å². The minimum Gasteiger partial charge on any atom is -0.618 e. The number of thioether (sulfide) groups is 1. The number of allylic oxidation sites excluding steroid dienone is 1. The average molecular weight is 486 g/mol. The SMILES string of the molecule is CCSc1c(N2CCN(C)CC2)c(F)cc2cc(C(=O)C=Cc3ccc(Cl)cc3)c[n+]([O-])c12. The fraction of sp³-hybridized carbons (Fsp3) is 0.280. The molecule has 0 amide bonds. The number of rotatable bonds is 6. The van der Waals surface area contributed by atoms with E-state index in [-0.39, 0.29) is 17.2 Å². The minimum atomic E-state index is -0.371. The first kappa shape index (κ1) is 23.5. The highest BCUT2D eigenvalue weighted by molar-refractivity contribution is 7.99. The molecule has 0 atom stereocenters. The van der Waals surface area contributed by atoms with Gasteiger partial charge in [-0.25, -0.2) is 4.39 Å². The van der Waals surface area contributed by atoms with Crippen LogP contribution in [0.3, 0.4) is 0 Å². The lowest BCUT2D eigenvalue weighted by molar-refractivity contribution is -0.578. The standard InChI is InChI=1S/C25H25ClFN3O2S/c1-3-33-25-23-18(15-21(27)24(25)29-12-10-28(2)11-13-29)14-19(16-30(23)32)22(31)9-6-17-4-7-20(26)8-5-17/h4-9,14-16H,3,10-13H2,1-2H3. The quantitative estimate of drug-likeness (QED) is 0.161. The molecule has 0 N–H and O–H groups in total. The number of fused-ring (bicyclic) bond motifs is 1. The summed E-state index contributed by atoms with van der Waals surface area (Å²) >= 11 is 7.34. The predicted molar refractivity (Wildman–Crippen MR) is 134 cm³/mol. The molecule has 1 aliphatic rings. The Labute approximate surface area is 202 Å². The summed E-state index contributed by atoms with van der Waals surface area (Å²) < 4.78 is 16.1. The van der Waals surface area contributed by atoms with Crippen LogP contribution in [0.1, 0.15) is 22.8 Å². The molecular weight excluding hydrogens is 461 g/mol. The molecule has 5 nitrogen and oxygen atoms in total. The number of pyridine rings is 1. The van der Waals surface area contributed by atoms with Crippen molar-refractivity contribution in [3.63, 3.8) is 0 Å². The molecular formula is C25H25ClFN3O2S. The molecule has 1 aromatic heterocycles. The number of hydrogen-bond acceptors (Lipinski definition) is 5. The van der Waals surface area contributed by atoms with Gasteiger partial charge in [0.1, 0.15) is 10.7 Å². The predicted octanol–water partition coefficient (Wildman–Crippen LogP) is 5.03. The third kappa shape index (κ3) is 5.16. The lowest BCUT2D eigenvalue weighted by atomic mass is 10.1. The highest BCUT2D eigenvalue weighted by Gasteiger charge is 2.27. The number of benzene rings is 2. The fourth-order valence-corrected chi connectivity index (χ4v) is 5.06. The Kier molecular flexibility index (Phi) is 7.22. The second-order valence-corrected chi connectivity index (χ2v) is 9.71. The zero-order valence-corrected chi connectivity index (χ0v) is 20.1. The van der Waals surface area contributed by atoms with Crippen LogP contribution in [-0.4, -0.2) is 49.7 Å². The Morgan fingerprint density at radius 1 is 1.21 bits per heavy atom. The van der Waals surface area contributed by atoms with Crippen molar-refractivity contribution >= 4 is 51.8 Å². The molecule has 0 spiro atoms. The number of carbonyl (C=O) groups excluding carboxylic acids is 1. The molecule has 1 saturated heterocycles. The van der Waals surface area contributed by atoms with Gasteiger partial charge in [0.2, 0.25) is 5.52 Å². The lowest BCUT2D eigenvalue weighted by Gasteiger charge is -2.35. The van der Waals surface area contributed by atoms with Crippen molar-refractivity contribution in [2.45, 2.75) is 11.8 Å². The summed E-state index contributed by atoms with van der Waals surface area (Å²) in [5.41, 5.74) is 1.90. The maximum absolute atomic E-state index is 15.4. The van der Waals surface area contributed by atoms with E-state index in [1.165, 1.54) is 30.1 Å². The Bertz CT molecular complexity index is 1210. The molecule has 1 aliphatic heterocycles. The first-order chi connectivity index (χ1) is 15.9. The highest BCUT2D eigenvalue weighted by Crippen LogP contribution is 2.38. The summed E-state index contributed by atoms with van der Waals surface area (Å²) in [6.45, 7) is 5.03. The Balaban J connectivity index is 1.73. The minimum absolute atomic E-state index is 0.210. The molecule has 0 aliphatic carbocycles. The Hall–Kier alpha value is -2.61. The third-order valence-corrected chi connectivity index (χ3v) is 6.91. The van der Waals surface area contributed by atoms with E-state index in [0.717, 1.165) is 18.7 Å². The molecule has 1 fully saturated rings. The van der Waals surface area contributed by atoms with Crippen LogP contribution in [0, 0.1) is 11.0 Å². The lowest BCUT2D eigenvalue weighted by Crippen LogP contribution is -2.45. The van der Waals surface area contributed by atoms with E-state index in [1.807, 2.05) is 18.9 Å². The van der Waals surface area contributed by atoms with E-state index in [9.17, 15) is 10.0 Å². The first-order valence-corrected chi connectivity index (χ1v) is 12.2. The van der Waals surface area contributed by atoms with Crippen molar-refractivity contribution in [1.29, 1.82) is 0 Å². The van der Waals surface area contributed by atoms with Crippen molar-refractivity contribution in [3.05, 3.63) is 75.8 Å². The molecule has 8 heteroatoms. The summed E-state index contributed by atoms with van der Waals surface area (Å²) in [6.07, 6.45) is 4.34. The number of nitrogens with zero attached hydrogens (tertiary/aromatic N) is 3. The van der Waals surface area contributed by atoms with Gasteiger partial charge >= 0.3 is 0 Å². The number of carbonyl (C=O) groups is 1. The largest absolute Gasteiger partial charge is 0.618 e. The topological polar surface area (TPSA) is 50.5 Å². The van der Waals surface area contributed by atoms with Gasteiger partial charge in [0.15, 0.2) is 12.0 Å². The molecule has 0 unspecified atom stereocenters. The van der Waals surface area contributed by atoms with Crippen molar-refractivity contribution in [2.75, 3.05) is 43.9 Å². The molecule has 172 valence electrons. The summed E-state index contributed by atoms with van der Waals surface area (Å²) in [7, 11) is 2.04. The molecule has 0 bridgehead atoms. The normalized spacial score (nSPS) is 15.0. The van der Waals surface area contributed by atoms with E-state index < -0.39 is 0 Å². The van der Waals surface area contributed by atoms with Gasteiger partial charge in [0, 0.05) is 31.2 Å². The second kappa shape index (κ2) is 10.1. The molecule has 3 aromatic rings. The molecule has 4 rings (SSSR count). The number of halogens is 2. The summed E-state index contributed by atoms with van der Waals surface area (Å²) in [5.74, 6) is -0.00177. The number of ketones is 1. The zero-order chi connectivity index (χ0) is 23.5. The summed E-state index contributed by atoms with van der Waals surface area (Å²) in [4.78, 5) is 17.6. The van der Waals surface area contributed by atoms with Gasteiger partial charge in [0.25, 0.3) is 0 Å². The molecule has 2 heterocycles. The third-order valence-electron chi connectivity index (χ3n) is 5.69. The van der Waals surface area contributed by atoms with Gasteiger partial charge in [-0.1, -0.05) is 36.7 Å². The van der Waals surface area contributed by atoms with Crippen LogP contribution in [0.4, 0.5) is 10.1 Å². The van der Waals surface area contributed by atoms with Crippen molar-refractivity contribution < 1.29 is 13.9 Å². The smallest absolute Gasteiger partial charge is 0.239 e. The van der Waals surface area contributed by atoms with Crippen LogP contribution in [-0.2, 0) is 0 Å². The van der Waals surface area contributed by atoms with Crippen LogP contribution in [0.15, 0.2) is 53.6 Å². The molecule has 0 radical (unpaired) electrons. The number of hydrogen-bond donors (Lipinski definition) is 0. The van der Waals surface area contributed by atoms with Gasteiger partial charge in [-0.05, 0) is 48.7 Å². The van der Waals surface area contributed by atoms with Gasteiger partial charge in [-0.2, -0.15) is 4.73 Å². The second-order valence-electron chi connectivity index (χ2n) is 8.00. The van der Waals surface area contributed by atoms with Crippen LogP contribution < -0.4 is 9.63 Å². The summed E-state index contributed by atoms with van der Waals surface area (Å²) in [5, 5.41) is 14.1. The monoisotopic (exact) mass is 485 g/mol. The molecule has 2 aromatic carbocycles. The Morgan fingerprint density at radius 3 is 2.58 bits per heavy atom. The number of likely N-dealkylation sites (N-methyl/N-ethyl adjacent to an activating group) is 1. The van der Waals surface area contributed by atoms with Gasteiger partial charge in [-0.3, -0.25) is 4.79 Å². The van der Waals surface area contributed by atoms with Gasteiger partial charge in [-0.15, -0.1) is 11.8 Å². The van der Waals surface area contributed by atoms with Crippen molar-refractivity contribution in [3.8, 4) is 0 Å². The fourth-order valence-electron chi connectivity index (χ4n) is 3.94. The maximum atomic E-state index is 15.4. The molecule has 33 heavy (non-hydrogen) atoms. The summed E-state index contributed by atoms with van der Waals surface area (Å²) in [6, 6.07) is 10.0. The average Bonchev–Trinajstić information content (AvgIpc) is 2.79. The zero-order valence-electron chi connectivity index (χ0n) is 18.6. The van der Waals surface area contributed by atoms with E-state index in [2.05, 4.69) is 4.90 Å². The van der Waals surface area contributed by atoms with Gasteiger partial charge < -0.3 is 15.0 Å². The number of aromatic nitrogens is 1. The Morgan fingerprint density at radius 2 is 1.91 bits per heavy atom.